The average Bonchev–Trinajstić information content (AvgIpc) is 2.16. The molecule has 0 amide bonds. The molecule has 78 valence electrons. The molecule has 0 N–H and O–H groups in total. The second-order valence-corrected chi connectivity index (χ2v) is 5.92. The van der Waals surface area contributed by atoms with Crippen LogP contribution in [0.3, 0.4) is 0 Å². The summed E-state index contributed by atoms with van der Waals surface area (Å²) in [5, 5.41) is 0. The number of rotatable bonds is 3. The number of hydrogen-bond donors (Lipinski definition) is 0. The molecule has 1 aromatic rings. The van der Waals surface area contributed by atoms with Crippen molar-refractivity contribution < 1.29 is 13.2 Å². The van der Waals surface area contributed by atoms with E-state index in [0.29, 0.717) is 10.2 Å². The van der Waals surface area contributed by atoms with Crippen molar-refractivity contribution in [3.63, 3.8) is 0 Å². The fraction of sp³-hybridized carbons (Fsp3) is 0.333. The van der Waals surface area contributed by atoms with Crippen LogP contribution in [0.25, 0.3) is 0 Å². The number of sulfone groups is 1. The Bertz CT molecular complexity index is 426. The first-order valence-electron chi connectivity index (χ1n) is 4.07. The molecule has 0 bridgehead atoms. The van der Waals surface area contributed by atoms with Crippen LogP contribution in [0.5, 0.6) is 5.75 Å². The summed E-state index contributed by atoms with van der Waals surface area (Å²) in [6.07, 6.45) is 0. The molecule has 1 aromatic carbocycles. The molecule has 14 heavy (non-hydrogen) atoms. The Labute approximate surface area is 92.1 Å². The van der Waals surface area contributed by atoms with Crippen LogP contribution >= 0.6 is 15.9 Å². The predicted molar refractivity (Wildman–Crippen MR) is 58.4 cm³/mol. The normalized spacial score (nSPS) is 11.4. The van der Waals surface area contributed by atoms with Crippen molar-refractivity contribution in [2.24, 2.45) is 0 Å². The summed E-state index contributed by atoms with van der Waals surface area (Å²) in [6, 6.07) is 4.81. The van der Waals surface area contributed by atoms with Crippen LogP contribution in [0.4, 0.5) is 0 Å². The Hall–Kier alpha value is -0.550. The third-order valence-electron chi connectivity index (χ3n) is 1.82. The summed E-state index contributed by atoms with van der Waals surface area (Å²) < 4.78 is 28.8. The molecule has 0 fully saturated rings. The number of halogens is 1. The monoisotopic (exact) mass is 278 g/mol. The minimum atomic E-state index is -3.16. The van der Waals surface area contributed by atoms with E-state index < -0.39 is 9.84 Å². The average molecular weight is 279 g/mol. The fourth-order valence-corrected chi connectivity index (χ4v) is 2.56. The van der Waals surface area contributed by atoms with E-state index >= 15 is 0 Å². The summed E-state index contributed by atoms with van der Waals surface area (Å²) in [6.45, 7) is 1.61. The molecule has 0 spiro atoms. The molecule has 0 aliphatic rings. The zero-order chi connectivity index (χ0) is 10.8. The van der Waals surface area contributed by atoms with Gasteiger partial charge in [-0.25, -0.2) is 8.42 Å². The van der Waals surface area contributed by atoms with E-state index in [1.54, 1.807) is 19.1 Å². The zero-order valence-corrected chi connectivity index (χ0v) is 10.4. The summed E-state index contributed by atoms with van der Waals surface area (Å²) in [4.78, 5) is 0.284. The summed E-state index contributed by atoms with van der Waals surface area (Å²) in [7, 11) is -1.66. The van der Waals surface area contributed by atoms with Gasteiger partial charge in [0, 0.05) is 4.47 Å². The second kappa shape index (κ2) is 4.31. The maximum atomic E-state index is 11.5. The molecule has 0 atom stereocenters. The van der Waals surface area contributed by atoms with Gasteiger partial charge in [-0.05, 0) is 18.2 Å². The number of ether oxygens (including phenoxy) is 1. The Balaban J connectivity index is 3.29. The van der Waals surface area contributed by atoms with Crippen molar-refractivity contribution in [3.05, 3.63) is 22.7 Å². The zero-order valence-electron chi connectivity index (χ0n) is 7.95. The maximum absolute atomic E-state index is 11.5. The number of hydrogen-bond acceptors (Lipinski definition) is 3. The molecule has 0 aliphatic heterocycles. The van der Waals surface area contributed by atoms with Crippen LogP contribution in [0, 0.1) is 0 Å². The lowest BCUT2D eigenvalue weighted by Crippen LogP contribution is -2.03. The number of methoxy groups -OCH3 is 1. The van der Waals surface area contributed by atoms with E-state index in [4.69, 9.17) is 4.74 Å². The lowest BCUT2D eigenvalue weighted by molar-refractivity contribution is 0.413. The van der Waals surface area contributed by atoms with E-state index in [1.807, 2.05) is 0 Å². The molecule has 0 radical (unpaired) electrons. The molecule has 0 aromatic heterocycles. The lowest BCUT2D eigenvalue weighted by atomic mass is 10.3. The largest absolute Gasteiger partial charge is 0.497 e. The number of benzene rings is 1. The fourth-order valence-electron chi connectivity index (χ4n) is 1.00. The molecule has 5 heteroatoms. The van der Waals surface area contributed by atoms with Gasteiger partial charge in [0.25, 0.3) is 0 Å². The molecule has 0 aliphatic carbocycles. The van der Waals surface area contributed by atoms with Crippen LogP contribution in [0.15, 0.2) is 27.6 Å². The van der Waals surface area contributed by atoms with E-state index in [1.165, 1.54) is 13.2 Å². The summed E-state index contributed by atoms with van der Waals surface area (Å²) in [5.41, 5.74) is 0. The molecule has 0 saturated heterocycles. The molecule has 0 saturated carbocycles. The van der Waals surface area contributed by atoms with Crippen molar-refractivity contribution >= 4 is 25.8 Å². The highest BCUT2D eigenvalue weighted by atomic mass is 79.9. The van der Waals surface area contributed by atoms with Gasteiger partial charge in [0.1, 0.15) is 5.75 Å². The molecule has 3 nitrogen and oxygen atoms in total. The van der Waals surface area contributed by atoms with Gasteiger partial charge in [0.05, 0.1) is 17.8 Å². The van der Waals surface area contributed by atoms with Gasteiger partial charge >= 0.3 is 0 Å². The SMILES string of the molecule is CCS(=O)(=O)c1cc(Br)cc(OC)c1. The van der Waals surface area contributed by atoms with Crippen LogP contribution < -0.4 is 4.74 Å². The maximum Gasteiger partial charge on any atom is 0.178 e. The van der Waals surface area contributed by atoms with Gasteiger partial charge in [0.15, 0.2) is 9.84 Å². The molecule has 1 rings (SSSR count). The van der Waals surface area contributed by atoms with E-state index in [2.05, 4.69) is 15.9 Å². The first kappa shape index (κ1) is 11.5. The predicted octanol–water partition coefficient (Wildman–Crippen LogP) is 2.25. The summed E-state index contributed by atoms with van der Waals surface area (Å²) >= 11 is 3.23. The highest BCUT2D eigenvalue weighted by molar-refractivity contribution is 9.10. The lowest BCUT2D eigenvalue weighted by Gasteiger charge is -2.05. The van der Waals surface area contributed by atoms with Crippen LogP contribution in [0.2, 0.25) is 0 Å². The van der Waals surface area contributed by atoms with Gasteiger partial charge in [-0.3, -0.25) is 0 Å². The molecular weight excluding hydrogens is 268 g/mol. The first-order valence-corrected chi connectivity index (χ1v) is 6.51. The van der Waals surface area contributed by atoms with Gasteiger partial charge in [-0.2, -0.15) is 0 Å². The first-order chi connectivity index (χ1) is 6.49. The van der Waals surface area contributed by atoms with Crippen LogP contribution in [-0.2, 0) is 9.84 Å². The molecule has 0 heterocycles. The van der Waals surface area contributed by atoms with Gasteiger partial charge < -0.3 is 4.74 Å². The van der Waals surface area contributed by atoms with Crippen molar-refractivity contribution in [2.45, 2.75) is 11.8 Å². The third-order valence-corrected chi connectivity index (χ3v) is 3.99. The molecular formula is C9H11BrO3S. The van der Waals surface area contributed by atoms with Crippen molar-refractivity contribution in [3.8, 4) is 5.75 Å². The van der Waals surface area contributed by atoms with Gasteiger partial charge in [-0.15, -0.1) is 0 Å². The third kappa shape index (κ3) is 2.48. The van der Waals surface area contributed by atoms with E-state index in [9.17, 15) is 8.42 Å². The second-order valence-electron chi connectivity index (χ2n) is 2.73. The minimum absolute atomic E-state index is 0.0899. The minimum Gasteiger partial charge on any atom is -0.497 e. The van der Waals surface area contributed by atoms with Crippen molar-refractivity contribution in [1.29, 1.82) is 0 Å². The van der Waals surface area contributed by atoms with Crippen molar-refractivity contribution in [1.82, 2.24) is 0 Å². The van der Waals surface area contributed by atoms with Crippen LogP contribution in [-0.4, -0.2) is 21.3 Å². The molecule has 0 unspecified atom stereocenters. The Morgan fingerprint density at radius 1 is 1.36 bits per heavy atom. The quantitative estimate of drug-likeness (QED) is 0.852. The van der Waals surface area contributed by atoms with Crippen LogP contribution in [0.1, 0.15) is 6.92 Å². The Morgan fingerprint density at radius 3 is 2.50 bits per heavy atom. The van der Waals surface area contributed by atoms with E-state index in [-0.39, 0.29) is 10.6 Å². The van der Waals surface area contributed by atoms with Gasteiger partial charge in [0.2, 0.25) is 0 Å². The summed E-state index contributed by atoms with van der Waals surface area (Å²) in [5.74, 6) is 0.624. The van der Waals surface area contributed by atoms with Gasteiger partial charge in [-0.1, -0.05) is 22.9 Å². The smallest absolute Gasteiger partial charge is 0.178 e. The van der Waals surface area contributed by atoms with E-state index in [0.717, 1.165) is 0 Å². The standard InChI is InChI=1S/C9H11BrO3S/c1-3-14(11,12)9-5-7(10)4-8(6-9)13-2/h4-6H,3H2,1-2H3. The Kier molecular flexibility index (Phi) is 3.55. The highest BCUT2D eigenvalue weighted by Crippen LogP contribution is 2.24. The highest BCUT2D eigenvalue weighted by Gasteiger charge is 2.13. The van der Waals surface area contributed by atoms with Crippen molar-refractivity contribution in [2.75, 3.05) is 12.9 Å². The Morgan fingerprint density at radius 2 is 2.00 bits per heavy atom. The topological polar surface area (TPSA) is 43.4 Å².